The van der Waals surface area contributed by atoms with E-state index in [1.807, 2.05) is 6.07 Å². The molecule has 0 fully saturated rings. The molecule has 0 aliphatic carbocycles. The lowest BCUT2D eigenvalue weighted by Crippen LogP contribution is -2.19. The van der Waals surface area contributed by atoms with E-state index in [0.29, 0.717) is 16.3 Å². The normalized spacial score (nSPS) is 9.95. The molecule has 7 heteroatoms. The fourth-order valence-electron chi connectivity index (χ4n) is 1.41. The average Bonchev–Trinajstić information content (AvgIpc) is 2.78. The summed E-state index contributed by atoms with van der Waals surface area (Å²) in [6, 6.07) is 9.62. The number of nitrogens with one attached hydrogen (secondary N) is 2. The fraction of sp³-hybridized carbons (Fsp3) is 0. The minimum atomic E-state index is -0.625. The molecule has 2 rings (SSSR count). The summed E-state index contributed by atoms with van der Waals surface area (Å²) in [6.07, 6.45) is 0. The van der Waals surface area contributed by atoms with Gasteiger partial charge in [0.15, 0.2) is 0 Å². The van der Waals surface area contributed by atoms with Gasteiger partial charge in [0.2, 0.25) is 0 Å². The number of thiophene rings is 1. The summed E-state index contributed by atoms with van der Waals surface area (Å²) in [5.74, 6) is -0.175. The topological polar surface area (TPSA) is 84.2 Å². The van der Waals surface area contributed by atoms with Crippen LogP contribution < -0.4 is 16.4 Å². The monoisotopic (exact) mass is 339 g/mol. The average molecular weight is 340 g/mol. The van der Waals surface area contributed by atoms with Crippen LogP contribution in [-0.2, 0) is 0 Å². The number of primary amides is 1. The zero-order valence-corrected chi connectivity index (χ0v) is 12.0. The largest absolute Gasteiger partial charge is 0.351 e. The van der Waals surface area contributed by atoms with E-state index in [-0.39, 0.29) is 5.91 Å². The van der Waals surface area contributed by atoms with Gasteiger partial charge in [0, 0.05) is 11.4 Å². The van der Waals surface area contributed by atoms with Crippen LogP contribution in [0.4, 0.5) is 16.2 Å². The van der Waals surface area contributed by atoms with E-state index in [0.717, 1.165) is 3.79 Å². The van der Waals surface area contributed by atoms with Crippen LogP contribution in [0.5, 0.6) is 0 Å². The molecule has 4 N–H and O–H groups in total. The first-order valence-corrected chi connectivity index (χ1v) is 6.89. The van der Waals surface area contributed by atoms with Crippen LogP contribution in [0.15, 0.2) is 40.2 Å². The van der Waals surface area contributed by atoms with Crippen molar-refractivity contribution in [3.63, 3.8) is 0 Å². The molecule has 2 aromatic rings. The Hall–Kier alpha value is -1.86. The highest BCUT2D eigenvalue weighted by Gasteiger charge is 2.08. The van der Waals surface area contributed by atoms with Gasteiger partial charge in [-0.25, -0.2) is 4.79 Å². The number of carbonyl (C=O) groups is 2. The van der Waals surface area contributed by atoms with E-state index < -0.39 is 6.03 Å². The van der Waals surface area contributed by atoms with E-state index >= 15 is 0 Å². The highest BCUT2D eigenvalue weighted by molar-refractivity contribution is 9.11. The number of amides is 3. The summed E-state index contributed by atoms with van der Waals surface area (Å²) in [5.41, 5.74) is 6.22. The third kappa shape index (κ3) is 3.80. The molecule has 1 aromatic heterocycles. The minimum absolute atomic E-state index is 0.175. The Bertz CT molecular complexity index is 610. The minimum Gasteiger partial charge on any atom is -0.351 e. The lowest BCUT2D eigenvalue weighted by Gasteiger charge is -2.05. The van der Waals surface area contributed by atoms with Crippen LogP contribution in [0.25, 0.3) is 0 Å². The molecule has 0 spiro atoms. The van der Waals surface area contributed by atoms with Crippen molar-refractivity contribution in [2.45, 2.75) is 0 Å². The second kappa shape index (κ2) is 5.85. The molecule has 0 radical (unpaired) electrons. The molecule has 0 aliphatic rings. The van der Waals surface area contributed by atoms with Crippen molar-refractivity contribution in [2.24, 2.45) is 5.73 Å². The maximum atomic E-state index is 11.9. The number of benzene rings is 1. The summed E-state index contributed by atoms with van der Waals surface area (Å²) >= 11 is 4.66. The van der Waals surface area contributed by atoms with Crippen LogP contribution in [0.3, 0.4) is 0 Å². The van der Waals surface area contributed by atoms with Crippen molar-refractivity contribution in [2.75, 3.05) is 10.6 Å². The SMILES string of the molecule is NC(=O)Nc1ccc(NC(=O)c2ccc(Br)s2)cc1. The maximum Gasteiger partial charge on any atom is 0.316 e. The van der Waals surface area contributed by atoms with Gasteiger partial charge in [-0.15, -0.1) is 11.3 Å². The first kappa shape index (κ1) is 13.6. The highest BCUT2D eigenvalue weighted by atomic mass is 79.9. The molecule has 19 heavy (non-hydrogen) atoms. The van der Waals surface area contributed by atoms with Crippen LogP contribution in [0.2, 0.25) is 0 Å². The molecule has 0 saturated heterocycles. The van der Waals surface area contributed by atoms with Gasteiger partial charge in [-0.1, -0.05) is 0 Å². The number of hydrogen-bond donors (Lipinski definition) is 3. The number of nitrogens with two attached hydrogens (primary N) is 1. The third-order valence-electron chi connectivity index (χ3n) is 2.21. The summed E-state index contributed by atoms with van der Waals surface area (Å²) in [4.78, 5) is 23.2. The van der Waals surface area contributed by atoms with Gasteiger partial charge in [0.25, 0.3) is 5.91 Å². The zero-order valence-electron chi connectivity index (χ0n) is 9.64. The lowest BCUT2D eigenvalue weighted by atomic mass is 10.2. The molecule has 3 amide bonds. The number of urea groups is 1. The van der Waals surface area contributed by atoms with Gasteiger partial charge in [0.1, 0.15) is 0 Å². The van der Waals surface area contributed by atoms with Crippen molar-refractivity contribution in [3.05, 3.63) is 45.1 Å². The van der Waals surface area contributed by atoms with Gasteiger partial charge < -0.3 is 16.4 Å². The number of halogens is 1. The van der Waals surface area contributed by atoms with Gasteiger partial charge in [0.05, 0.1) is 8.66 Å². The molecule has 1 heterocycles. The molecule has 0 bridgehead atoms. The van der Waals surface area contributed by atoms with Crippen LogP contribution >= 0.6 is 27.3 Å². The first-order chi connectivity index (χ1) is 9.04. The van der Waals surface area contributed by atoms with Crippen molar-refractivity contribution >= 4 is 50.6 Å². The molecule has 98 valence electrons. The Kier molecular flexibility index (Phi) is 4.18. The quantitative estimate of drug-likeness (QED) is 0.801. The fourth-order valence-corrected chi connectivity index (χ4v) is 2.69. The Morgan fingerprint density at radius 1 is 1.00 bits per heavy atom. The molecule has 0 unspecified atom stereocenters. The molecule has 0 aliphatic heterocycles. The molecular weight excluding hydrogens is 330 g/mol. The van der Waals surface area contributed by atoms with Crippen LogP contribution in [0.1, 0.15) is 9.67 Å². The van der Waals surface area contributed by atoms with E-state index in [2.05, 4.69) is 26.6 Å². The smallest absolute Gasteiger partial charge is 0.316 e. The number of hydrogen-bond acceptors (Lipinski definition) is 3. The third-order valence-corrected chi connectivity index (χ3v) is 3.83. The van der Waals surface area contributed by atoms with Crippen molar-refractivity contribution < 1.29 is 9.59 Å². The van der Waals surface area contributed by atoms with Gasteiger partial charge in [-0.2, -0.15) is 0 Å². The van der Waals surface area contributed by atoms with Crippen molar-refractivity contribution in [1.82, 2.24) is 0 Å². The zero-order chi connectivity index (χ0) is 13.8. The summed E-state index contributed by atoms with van der Waals surface area (Å²) < 4.78 is 0.902. The Balaban J connectivity index is 2.03. The number of rotatable bonds is 3. The Labute approximate surface area is 121 Å². The van der Waals surface area contributed by atoms with E-state index in [9.17, 15) is 9.59 Å². The van der Waals surface area contributed by atoms with Crippen molar-refractivity contribution in [3.8, 4) is 0 Å². The summed E-state index contributed by atoms with van der Waals surface area (Å²) in [5, 5.41) is 5.20. The Morgan fingerprint density at radius 2 is 1.58 bits per heavy atom. The summed E-state index contributed by atoms with van der Waals surface area (Å²) in [6.45, 7) is 0. The molecule has 0 atom stereocenters. The maximum absolute atomic E-state index is 11.9. The lowest BCUT2D eigenvalue weighted by molar-refractivity contribution is 0.103. The summed E-state index contributed by atoms with van der Waals surface area (Å²) in [7, 11) is 0. The second-order valence-corrected chi connectivity index (χ2v) is 6.09. The van der Waals surface area contributed by atoms with Crippen LogP contribution in [-0.4, -0.2) is 11.9 Å². The number of carbonyl (C=O) groups excluding carboxylic acids is 2. The standard InChI is InChI=1S/C12H10BrN3O2S/c13-10-6-5-9(19-10)11(17)15-7-1-3-8(4-2-7)16-12(14)18/h1-6H,(H,15,17)(H3,14,16,18). The molecular formula is C12H10BrN3O2S. The Morgan fingerprint density at radius 3 is 2.05 bits per heavy atom. The van der Waals surface area contributed by atoms with Crippen molar-refractivity contribution in [1.29, 1.82) is 0 Å². The highest BCUT2D eigenvalue weighted by Crippen LogP contribution is 2.23. The molecule has 5 nitrogen and oxygen atoms in total. The molecule has 0 saturated carbocycles. The van der Waals surface area contributed by atoms with Crippen LogP contribution in [0, 0.1) is 0 Å². The number of anilines is 2. The predicted octanol–water partition coefficient (Wildman–Crippen LogP) is 3.25. The van der Waals surface area contributed by atoms with Gasteiger partial charge in [-0.05, 0) is 52.3 Å². The van der Waals surface area contributed by atoms with Gasteiger partial charge in [-0.3, -0.25) is 4.79 Å². The van der Waals surface area contributed by atoms with Gasteiger partial charge >= 0.3 is 6.03 Å². The van der Waals surface area contributed by atoms with E-state index in [4.69, 9.17) is 5.73 Å². The van der Waals surface area contributed by atoms with E-state index in [1.54, 1.807) is 30.3 Å². The van der Waals surface area contributed by atoms with E-state index in [1.165, 1.54) is 11.3 Å². The predicted molar refractivity (Wildman–Crippen MR) is 79.6 cm³/mol. The molecule has 1 aromatic carbocycles. The first-order valence-electron chi connectivity index (χ1n) is 5.28. The second-order valence-electron chi connectivity index (χ2n) is 3.62.